The zero-order chi connectivity index (χ0) is 14.5. The van der Waals surface area contributed by atoms with E-state index in [1.165, 1.54) is 6.07 Å². The van der Waals surface area contributed by atoms with Crippen molar-refractivity contribution in [3.05, 3.63) is 39.7 Å². The van der Waals surface area contributed by atoms with Crippen LogP contribution in [0.2, 0.25) is 0 Å². The van der Waals surface area contributed by atoms with Gasteiger partial charge in [0.1, 0.15) is 5.82 Å². The van der Waals surface area contributed by atoms with Crippen molar-refractivity contribution in [3.63, 3.8) is 0 Å². The second-order valence-corrected chi connectivity index (χ2v) is 4.63. The van der Waals surface area contributed by atoms with Crippen molar-refractivity contribution in [1.82, 2.24) is 10.2 Å². The molecule has 1 saturated heterocycles. The van der Waals surface area contributed by atoms with E-state index in [0.29, 0.717) is 13.1 Å². The van der Waals surface area contributed by atoms with Gasteiger partial charge >= 0.3 is 0 Å². The average molecular weight is 278 g/mol. The summed E-state index contributed by atoms with van der Waals surface area (Å²) in [6.07, 6.45) is 0.109. The number of nitrogens with zero attached hydrogens (tertiary/aromatic N) is 3. The van der Waals surface area contributed by atoms with Gasteiger partial charge in [-0.25, -0.2) is 4.39 Å². The summed E-state index contributed by atoms with van der Waals surface area (Å²) in [6.45, 7) is 2.90. The lowest BCUT2D eigenvalue weighted by Crippen LogP contribution is -2.45. The molecule has 1 aliphatic rings. The van der Waals surface area contributed by atoms with E-state index < -0.39 is 16.8 Å². The van der Waals surface area contributed by atoms with E-state index in [0.717, 1.165) is 25.2 Å². The number of piperazine rings is 1. The molecule has 0 amide bonds. The predicted molar refractivity (Wildman–Crippen MR) is 70.5 cm³/mol. The van der Waals surface area contributed by atoms with Gasteiger partial charge in [0.2, 0.25) is 0 Å². The highest BCUT2D eigenvalue weighted by atomic mass is 19.1. The maximum Gasteiger partial charge on any atom is 0.269 e. The molecule has 1 aromatic rings. The van der Waals surface area contributed by atoms with E-state index in [9.17, 15) is 14.5 Å². The van der Waals surface area contributed by atoms with Crippen molar-refractivity contribution < 1.29 is 9.31 Å². The minimum Gasteiger partial charge on any atom is -0.314 e. The van der Waals surface area contributed by atoms with E-state index in [1.807, 2.05) is 11.0 Å². The molecule has 0 spiro atoms. The first-order valence-corrected chi connectivity index (χ1v) is 6.39. The van der Waals surface area contributed by atoms with Gasteiger partial charge < -0.3 is 5.32 Å². The number of nitro benzene ring substituents is 1. The van der Waals surface area contributed by atoms with Crippen molar-refractivity contribution in [2.45, 2.75) is 12.5 Å². The highest BCUT2D eigenvalue weighted by molar-refractivity contribution is 5.37. The molecule has 1 aliphatic heterocycles. The Morgan fingerprint density at radius 1 is 1.50 bits per heavy atom. The Kier molecular flexibility index (Phi) is 4.61. The first-order chi connectivity index (χ1) is 9.63. The number of nitrogens with one attached hydrogen (secondary N) is 1. The summed E-state index contributed by atoms with van der Waals surface area (Å²) in [5.41, 5.74) is 0.0714. The Morgan fingerprint density at radius 3 is 2.80 bits per heavy atom. The number of rotatable bonds is 4. The van der Waals surface area contributed by atoms with Crippen LogP contribution in [-0.4, -0.2) is 36.0 Å². The van der Waals surface area contributed by atoms with Crippen LogP contribution in [0.4, 0.5) is 10.1 Å². The maximum absolute atomic E-state index is 14.0. The quantitative estimate of drug-likeness (QED) is 0.668. The second-order valence-electron chi connectivity index (χ2n) is 4.63. The zero-order valence-electron chi connectivity index (χ0n) is 10.9. The second kappa shape index (κ2) is 6.41. The van der Waals surface area contributed by atoms with E-state index in [-0.39, 0.29) is 17.7 Å². The summed E-state index contributed by atoms with van der Waals surface area (Å²) in [5.74, 6) is -0.505. The number of hydrogen-bond donors (Lipinski definition) is 1. The molecule has 2 rings (SSSR count). The minimum atomic E-state index is -0.551. The van der Waals surface area contributed by atoms with E-state index >= 15 is 0 Å². The first kappa shape index (κ1) is 14.4. The predicted octanol–water partition coefficient (Wildman–Crippen LogP) is 1.59. The van der Waals surface area contributed by atoms with E-state index in [2.05, 4.69) is 5.32 Å². The third kappa shape index (κ3) is 3.10. The molecule has 1 N–H and O–H groups in total. The van der Waals surface area contributed by atoms with Gasteiger partial charge in [-0.1, -0.05) is 0 Å². The molecule has 106 valence electrons. The van der Waals surface area contributed by atoms with Crippen molar-refractivity contribution >= 4 is 5.69 Å². The maximum atomic E-state index is 14.0. The molecule has 6 nitrogen and oxygen atoms in total. The van der Waals surface area contributed by atoms with Gasteiger partial charge in [0.05, 0.1) is 23.5 Å². The van der Waals surface area contributed by atoms with Crippen LogP contribution in [0.3, 0.4) is 0 Å². The summed E-state index contributed by atoms with van der Waals surface area (Å²) in [4.78, 5) is 12.3. The van der Waals surface area contributed by atoms with Crippen molar-refractivity contribution in [2.75, 3.05) is 26.2 Å². The van der Waals surface area contributed by atoms with Gasteiger partial charge in [-0.3, -0.25) is 15.0 Å². The molecule has 0 aromatic heterocycles. The van der Waals surface area contributed by atoms with Crippen LogP contribution in [0.5, 0.6) is 0 Å². The summed E-state index contributed by atoms with van der Waals surface area (Å²) >= 11 is 0. The van der Waals surface area contributed by atoms with Crippen LogP contribution >= 0.6 is 0 Å². The van der Waals surface area contributed by atoms with Crippen LogP contribution in [-0.2, 0) is 0 Å². The van der Waals surface area contributed by atoms with Gasteiger partial charge in [-0.2, -0.15) is 5.26 Å². The molecule has 0 saturated carbocycles. The molecule has 20 heavy (non-hydrogen) atoms. The summed E-state index contributed by atoms with van der Waals surface area (Å²) in [7, 11) is 0. The minimum absolute atomic E-state index is 0.109. The van der Waals surface area contributed by atoms with E-state index in [4.69, 9.17) is 5.26 Å². The SMILES string of the molecule is N#CC[C@H](c1cc([N+](=O)[O-])ccc1F)N1CCNCC1. The fourth-order valence-electron chi connectivity index (χ4n) is 2.42. The molecule has 0 aliphatic carbocycles. The summed E-state index contributed by atoms with van der Waals surface area (Å²) < 4.78 is 14.0. The number of benzene rings is 1. The van der Waals surface area contributed by atoms with Crippen LogP contribution in [0.1, 0.15) is 18.0 Å². The Balaban J connectivity index is 2.35. The lowest BCUT2D eigenvalue weighted by atomic mass is 10.0. The molecular weight excluding hydrogens is 263 g/mol. The Hall–Kier alpha value is -2.04. The van der Waals surface area contributed by atoms with E-state index in [1.54, 1.807) is 0 Å². The lowest BCUT2D eigenvalue weighted by molar-refractivity contribution is -0.385. The molecule has 7 heteroatoms. The monoisotopic (exact) mass is 278 g/mol. The van der Waals surface area contributed by atoms with Gasteiger partial charge in [0, 0.05) is 43.9 Å². The average Bonchev–Trinajstić information content (AvgIpc) is 2.46. The van der Waals surface area contributed by atoms with Gasteiger partial charge in [-0.15, -0.1) is 0 Å². The van der Waals surface area contributed by atoms with Crippen LogP contribution in [0.15, 0.2) is 18.2 Å². The highest BCUT2D eigenvalue weighted by Crippen LogP contribution is 2.29. The Morgan fingerprint density at radius 2 is 2.20 bits per heavy atom. The molecule has 0 unspecified atom stereocenters. The molecule has 1 aromatic carbocycles. The molecule has 1 fully saturated rings. The normalized spacial score (nSPS) is 17.4. The van der Waals surface area contributed by atoms with Crippen LogP contribution in [0, 0.1) is 27.3 Å². The van der Waals surface area contributed by atoms with Crippen molar-refractivity contribution in [1.29, 1.82) is 5.26 Å². The smallest absolute Gasteiger partial charge is 0.269 e. The summed E-state index contributed by atoms with van der Waals surface area (Å²) in [6, 6.07) is 5.07. The van der Waals surface area contributed by atoms with Gasteiger partial charge in [0.25, 0.3) is 5.69 Å². The molecule has 1 atom stereocenters. The standard InChI is InChI=1S/C13H15FN4O2/c14-12-2-1-10(18(19)20)9-11(12)13(3-4-15)17-7-5-16-6-8-17/h1-2,9,13,16H,3,5-8H2/t13-/m1/s1. The number of hydrogen-bond acceptors (Lipinski definition) is 5. The topological polar surface area (TPSA) is 82.2 Å². The lowest BCUT2D eigenvalue weighted by Gasteiger charge is -2.34. The van der Waals surface area contributed by atoms with Crippen molar-refractivity contribution in [2.24, 2.45) is 0 Å². The number of nitro groups is 1. The van der Waals surface area contributed by atoms with Gasteiger partial charge in [-0.05, 0) is 6.07 Å². The third-order valence-electron chi connectivity index (χ3n) is 3.43. The van der Waals surface area contributed by atoms with Crippen LogP contribution in [0.25, 0.3) is 0 Å². The molecule has 0 bridgehead atoms. The number of halogens is 1. The number of nitriles is 1. The highest BCUT2D eigenvalue weighted by Gasteiger charge is 2.26. The third-order valence-corrected chi connectivity index (χ3v) is 3.43. The molecule has 1 heterocycles. The number of non-ortho nitro benzene ring substituents is 1. The molecular formula is C13H15FN4O2. The molecule has 0 radical (unpaired) electrons. The first-order valence-electron chi connectivity index (χ1n) is 6.39. The fraction of sp³-hybridized carbons (Fsp3) is 0.462. The largest absolute Gasteiger partial charge is 0.314 e. The summed E-state index contributed by atoms with van der Waals surface area (Å²) in [5, 5.41) is 22.9. The Labute approximate surface area is 116 Å². The van der Waals surface area contributed by atoms with Gasteiger partial charge in [0.15, 0.2) is 0 Å². The zero-order valence-corrected chi connectivity index (χ0v) is 10.9. The fourth-order valence-corrected chi connectivity index (χ4v) is 2.42. The van der Waals surface area contributed by atoms with Crippen molar-refractivity contribution in [3.8, 4) is 6.07 Å². The Bertz CT molecular complexity index is 538. The van der Waals surface area contributed by atoms with Crippen LogP contribution < -0.4 is 5.32 Å².